The second-order valence-electron chi connectivity index (χ2n) is 4.42. The maximum absolute atomic E-state index is 11.3. The predicted octanol–water partition coefficient (Wildman–Crippen LogP) is 2.11. The molecule has 1 aliphatic rings. The van der Waals surface area contributed by atoms with Gasteiger partial charge in [0.2, 0.25) is 0 Å². The van der Waals surface area contributed by atoms with Crippen molar-refractivity contribution in [2.24, 2.45) is 11.7 Å². The predicted molar refractivity (Wildman–Crippen MR) is 65.9 cm³/mol. The summed E-state index contributed by atoms with van der Waals surface area (Å²) < 4.78 is 10.4. The van der Waals surface area contributed by atoms with Gasteiger partial charge in [0.05, 0.1) is 0 Å². The first-order valence-corrected chi connectivity index (χ1v) is 5.92. The van der Waals surface area contributed by atoms with Crippen molar-refractivity contribution in [2.75, 3.05) is 7.11 Å². The minimum atomic E-state index is -0.689. The van der Waals surface area contributed by atoms with Crippen molar-refractivity contribution in [1.82, 2.24) is 0 Å². The number of allylic oxidation sites excluding steroid dienone is 2. The van der Waals surface area contributed by atoms with Crippen molar-refractivity contribution in [2.45, 2.75) is 38.8 Å². The van der Waals surface area contributed by atoms with Crippen LogP contribution in [0.2, 0.25) is 0 Å². The van der Waals surface area contributed by atoms with E-state index in [0.717, 1.165) is 6.42 Å². The Morgan fingerprint density at radius 1 is 1.65 bits per heavy atom. The molecule has 0 radical (unpaired) electrons. The van der Waals surface area contributed by atoms with E-state index in [4.69, 9.17) is 15.2 Å². The molecule has 0 aromatic carbocycles. The van der Waals surface area contributed by atoms with Crippen molar-refractivity contribution in [1.29, 1.82) is 0 Å². The fourth-order valence-corrected chi connectivity index (χ4v) is 1.64. The lowest BCUT2D eigenvalue weighted by atomic mass is 9.90. The number of methoxy groups -OCH3 is 1. The molecule has 1 rings (SSSR count). The van der Waals surface area contributed by atoms with Gasteiger partial charge in [-0.1, -0.05) is 13.0 Å². The molecule has 1 aliphatic carbocycles. The van der Waals surface area contributed by atoms with Crippen molar-refractivity contribution in [3.05, 3.63) is 24.0 Å². The molecule has 0 saturated carbocycles. The summed E-state index contributed by atoms with van der Waals surface area (Å²) in [6.45, 7) is 3.78. The van der Waals surface area contributed by atoms with Gasteiger partial charge in [-0.2, -0.15) is 0 Å². The van der Waals surface area contributed by atoms with Crippen molar-refractivity contribution < 1.29 is 14.3 Å². The van der Waals surface area contributed by atoms with Crippen LogP contribution in [0.1, 0.15) is 33.1 Å². The van der Waals surface area contributed by atoms with Gasteiger partial charge in [-0.15, -0.1) is 0 Å². The molecule has 0 aromatic rings. The second-order valence-corrected chi connectivity index (χ2v) is 4.42. The van der Waals surface area contributed by atoms with E-state index in [-0.39, 0.29) is 11.9 Å². The van der Waals surface area contributed by atoms with E-state index in [1.54, 1.807) is 13.2 Å². The number of nitrogens with two attached hydrogens (primary N) is 1. The zero-order valence-electron chi connectivity index (χ0n) is 10.7. The average Bonchev–Trinajstić information content (AvgIpc) is 2.30. The Labute approximate surface area is 102 Å². The molecule has 4 nitrogen and oxygen atoms in total. The molecule has 0 fully saturated rings. The number of hydrogen-bond acceptors (Lipinski definition) is 4. The number of carbonyl (C=O) groups is 1. The van der Waals surface area contributed by atoms with E-state index in [2.05, 4.69) is 0 Å². The fourth-order valence-electron chi connectivity index (χ4n) is 1.64. The highest BCUT2D eigenvalue weighted by atomic mass is 16.5. The first-order valence-electron chi connectivity index (χ1n) is 5.92. The topological polar surface area (TPSA) is 61.5 Å². The van der Waals surface area contributed by atoms with E-state index in [1.807, 2.05) is 26.0 Å². The Kier molecular flexibility index (Phi) is 4.90. The van der Waals surface area contributed by atoms with Gasteiger partial charge in [0.1, 0.15) is 11.5 Å². The Balaban J connectivity index is 2.52. The van der Waals surface area contributed by atoms with Crippen LogP contribution in [0.5, 0.6) is 0 Å². The normalized spacial score (nSPS) is 22.8. The van der Waals surface area contributed by atoms with E-state index < -0.39 is 5.72 Å². The molecule has 96 valence electrons. The minimum absolute atomic E-state index is 0.0983. The number of rotatable bonds is 5. The molecular weight excluding hydrogens is 218 g/mol. The van der Waals surface area contributed by atoms with Crippen LogP contribution in [0.3, 0.4) is 0 Å². The number of carbonyl (C=O) groups excluding carboxylic acids is 1. The van der Waals surface area contributed by atoms with E-state index in [9.17, 15) is 4.79 Å². The van der Waals surface area contributed by atoms with Crippen molar-refractivity contribution >= 4 is 5.97 Å². The first kappa shape index (κ1) is 13.9. The smallest absolute Gasteiger partial charge is 0.311 e. The average molecular weight is 239 g/mol. The fraction of sp³-hybridized carbons (Fsp3) is 0.615. The maximum Gasteiger partial charge on any atom is 0.311 e. The SMILES string of the molecule is CCCC(=O)OC1=CCC(C(C)(N)OC)C=C1. The summed E-state index contributed by atoms with van der Waals surface area (Å²) in [6, 6.07) is 0. The summed E-state index contributed by atoms with van der Waals surface area (Å²) in [7, 11) is 1.59. The van der Waals surface area contributed by atoms with Gasteiger partial charge in [-0.3, -0.25) is 4.79 Å². The minimum Gasteiger partial charge on any atom is -0.427 e. The Bertz CT molecular complexity index is 332. The van der Waals surface area contributed by atoms with Gasteiger partial charge in [0.25, 0.3) is 0 Å². The molecule has 0 heterocycles. The lowest BCUT2D eigenvalue weighted by Gasteiger charge is -2.31. The van der Waals surface area contributed by atoms with Gasteiger partial charge in [0, 0.05) is 19.4 Å². The van der Waals surface area contributed by atoms with Crippen LogP contribution >= 0.6 is 0 Å². The number of esters is 1. The molecule has 2 atom stereocenters. The Morgan fingerprint density at radius 3 is 2.82 bits per heavy atom. The molecule has 0 saturated heterocycles. The third-order valence-corrected chi connectivity index (χ3v) is 2.93. The summed E-state index contributed by atoms with van der Waals surface area (Å²) in [5, 5.41) is 0. The van der Waals surface area contributed by atoms with Crippen molar-refractivity contribution in [3.8, 4) is 0 Å². The highest BCUT2D eigenvalue weighted by Crippen LogP contribution is 2.26. The van der Waals surface area contributed by atoms with E-state index in [1.165, 1.54) is 0 Å². The lowest BCUT2D eigenvalue weighted by molar-refractivity contribution is -0.139. The van der Waals surface area contributed by atoms with Crippen LogP contribution in [-0.4, -0.2) is 18.8 Å². The van der Waals surface area contributed by atoms with Gasteiger partial charge in [-0.05, 0) is 31.9 Å². The Morgan fingerprint density at radius 2 is 2.35 bits per heavy atom. The Hall–Kier alpha value is -1.13. The molecule has 0 aromatic heterocycles. The summed E-state index contributed by atoms with van der Waals surface area (Å²) >= 11 is 0. The quantitative estimate of drug-likeness (QED) is 0.589. The van der Waals surface area contributed by atoms with Crippen LogP contribution in [0.4, 0.5) is 0 Å². The molecule has 17 heavy (non-hydrogen) atoms. The monoisotopic (exact) mass is 239 g/mol. The number of hydrogen-bond donors (Lipinski definition) is 1. The second kappa shape index (κ2) is 5.98. The molecular formula is C13H21NO3. The molecule has 0 spiro atoms. The van der Waals surface area contributed by atoms with Gasteiger partial charge in [0.15, 0.2) is 0 Å². The molecule has 0 aliphatic heterocycles. The van der Waals surface area contributed by atoms with Crippen LogP contribution in [0.15, 0.2) is 24.0 Å². The standard InChI is InChI=1S/C13H21NO3/c1-4-5-12(15)17-11-8-6-10(7-9-11)13(2,14)16-3/h6,8-10H,4-5,7,14H2,1-3H3. The third-order valence-electron chi connectivity index (χ3n) is 2.93. The highest BCUT2D eigenvalue weighted by Gasteiger charge is 2.28. The summed E-state index contributed by atoms with van der Waals surface area (Å²) in [4.78, 5) is 11.3. The molecule has 2 unspecified atom stereocenters. The zero-order valence-corrected chi connectivity index (χ0v) is 10.7. The van der Waals surface area contributed by atoms with Crippen molar-refractivity contribution in [3.63, 3.8) is 0 Å². The lowest BCUT2D eigenvalue weighted by Crippen LogP contribution is -2.45. The molecule has 0 bridgehead atoms. The van der Waals surface area contributed by atoms with Crippen LogP contribution < -0.4 is 5.73 Å². The number of ether oxygens (including phenoxy) is 2. The van der Waals surface area contributed by atoms with Gasteiger partial charge in [-0.25, -0.2) is 0 Å². The van der Waals surface area contributed by atoms with Crippen LogP contribution in [-0.2, 0) is 14.3 Å². The van der Waals surface area contributed by atoms with E-state index in [0.29, 0.717) is 18.6 Å². The van der Waals surface area contributed by atoms with Crippen LogP contribution in [0, 0.1) is 5.92 Å². The summed E-state index contributed by atoms with van der Waals surface area (Å²) in [6.07, 6.45) is 7.54. The summed E-state index contributed by atoms with van der Waals surface area (Å²) in [5.74, 6) is 0.511. The van der Waals surface area contributed by atoms with Gasteiger partial charge < -0.3 is 15.2 Å². The zero-order chi connectivity index (χ0) is 12.9. The van der Waals surface area contributed by atoms with E-state index >= 15 is 0 Å². The molecule has 4 heteroatoms. The van der Waals surface area contributed by atoms with Crippen LogP contribution in [0.25, 0.3) is 0 Å². The molecule has 0 amide bonds. The molecule has 2 N–H and O–H groups in total. The first-order chi connectivity index (χ1) is 7.99. The van der Waals surface area contributed by atoms with Gasteiger partial charge >= 0.3 is 5.97 Å². The maximum atomic E-state index is 11.3. The summed E-state index contributed by atoms with van der Waals surface area (Å²) in [5.41, 5.74) is 5.29. The highest BCUT2D eigenvalue weighted by molar-refractivity contribution is 5.70. The third kappa shape index (κ3) is 3.98. The largest absolute Gasteiger partial charge is 0.427 e.